The van der Waals surface area contributed by atoms with Gasteiger partial charge in [-0.1, -0.05) is 17.7 Å². The van der Waals surface area contributed by atoms with Crippen LogP contribution in [-0.4, -0.2) is 69.5 Å². The maximum atomic E-state index is 13.4. The molecule has 174 valence electrons. The van der Waals surface area contributed by atoms with E-state index in [0.717, 1.165) is 9.80 Å². The number of alkyl halides is 2. The molecule has 2 aliphatic heterocycles. The number of phenols is 1. The molecule has 4 amide bonds. The number of fused-ring (bicyclic) bond motifs is 4. The quantitative estimate of drug-likeness (QED) is 0.384. The number of carbonyl (C=O) groups excluding carboxylic acids is 4. The predicted molar refractivity (Wildman–Crippen MR) is 118 cm³/mol. The van der Waals surface area contributed by atoms with Crippen LogP contribution in [0.3, 0.4) is 0 Å². The molecule has 2 saturated heterocycles. The number of hydrogen-bond donors (Lipinski definition) is 1. The minimum Gasteiger partial charge on any atom is -0.508 e. The van der Waals surface area contributed by atoms with Crippen LogP contribution in [0.4, 0.5) is 0 Å². The van der Waals surface area contributed by atoms with E-state index in [0.29, 0.717) is 17.6 Å². The molecule has 8 nitrogen and oxygen atoms in total. The molecule has 1 aromatic rings. The molecule has 0 aromatic heterocycles. The van der Waals surface area contributed by atoms with Crippen LogP contribution in [-0.2, 0) is 19.2 Å². The number of hydrogen-bond acceptors (Lipinski definition) is 6. The fourth-order valence-corrected chi connectivity index (χ4v) is 7.20. The number of halogens is 2. The molecule has 0 bridgehead atoms. The van der Waals surface area contributed by atoms with Crippen molar-refractivity contribution < 1.29 is 29.0 Å². The molecule has 0 radical (unpaired) electrons. The lowest BCUT2D eigenvalue weighted by Gasteiger charge is -2.51. The summed E-state index contributed by atoms with van der Waals surface area (Å²) in [6.45, 7) is 0. The number of benzene rings is 1. The lowest BCUT2D eigenvalue weighted by Crippen LogP contribution is -2.60. The van der Waals surface area contributed by atoms with Crippen molar-refractivity contribution in [1.82, 2.24) is 9.80 Å². The van der Waals surface area contributed by atoms with E-state index in [-0.39, 0.29) is 29.7 Å². The number of imide groups is 2. The Morgan fingerprint density at radius 1 is 1.03 bits per heavy atom. The zero-order valence-electron chi connectivity index (χ0n) is 18.2. The summed E-state index contributed by atoms with van der Waals surface area (Å²) < 4.78 is 5.49. The third kappa shape index (κ3) is 2.53. The summed E-state index contributed by atoms with van der Waals surface area (Å²) >= 11 is 14.1. The van der Waals surface area contributed by atoms with Crippen LogP contribution < -0.4 is 4.74 Å². The van der Waals surface area contributed by atoms with Gasteiger partial charge in [0.05, 0.1) is 18.9 Å². The topological polar surface area (TPSA) is 104 Å². The van der Waals surface area contributed by atoms with Crippen molar-refractivity contribution in [3.05, 3.63) is 35.4 Å². The predicted octanol–water partition coefficient (Wildman–Crippen LogP) is 2.02. The molecule has 2 aliphatic carbocycles. The molecule has 0 spiro atoms. The molecule has 0 unspecified atom stereocenters. The summed E-state index contributed by atoms with van der Waals surface area (Å²) in [6, 6.07) is 4.41. The smallest absolute Gasteiger partial charge is 0.253 e. The summed E-state index contributed by atoms with van der Waals surface area (Å²) in [5.74, 6) is -4.39. The van der Waals surface area contributed by atoms with Gasteiger partial charge >= 0.3 is 0 Å². The second-order valence-electron chi connectivity index (χ2n) is 9.16. The van der Waals surface area contributed by atoms with E-state index < -0.39 is 45.2 Å². The van der Waals surface area contributed by atoms with Crippen molar-refractivity contribution in [3.8, 4) is 11.5 Å². The van der Waals surface area contributed by atoms with E-state index in [1.807, 2.05) is 6.08 Å². The Labute approximate surface area is 200 Å². The summed E-state index contributed by atoms with van der Waals surface area (Å²) in [5, 5.41) is 9.98. The SMILES string of the molecule is COc1cc(O)ccc1[C@H]1C2=CC[C@@H]3C(=O)N(C)C(=O)[C@@H]3[C@@H]2C[C@@]2(Cl)C(=O)N(C)C(=O)[C@@]12Cl. The molecule has 1 N–H and O–H groups in total. The first-order valence-corrected chi connectivity index (χ1v) is 11.3. The number of rotatable bonds is 2. The standard InChI is InChI=1S/C23H22Cl2N2O6/c1-26-18(29)13-7-6-11-14(16(13)19(26)30)9-22(24)20(31)27(2)21(32)23(22,25)17(11)12-5-4-10(28)8-15(12)33-3/h4-6,8,13-14,16-17,28H,7,9H2,1-3H3/t13-,14+,16-,17+,22+,23-/m0/s1. The van der Waals surface area contributed by atoms with Gasteiger partial charge in [0.1, 0.15) is 11.5 Å². The molecule has 2 heterocycles. The first-order chi connectivity index (χ1) is 15.5. The molecule has 1 saturated carbocycles. The zero-order valence-corrected chi connectivity index (χ0v) is 19.7. The fourth-order valence-electron chi connectivity index (χ4n) is 6.19. The number of ether oxygens (including phenoxy) is 1. The Bertz CT molecular complexity index is 1170. The Kier molecular flexibility index (Phi) is 4.69. The third-order valence-corrected chi connectivity index (χ3v) is 9.18. The van der Waals surface area contributed by atoms with E-state index >= 15 is 0 Å². The van der Waals surface area contributed by atoms with E-state index in [1.54, 1.807) is 6.07 Å². The summed E-state index contributed by atoms with van der Waals surface area (Å²) in [7, 11) is 4.20. The highest BCUT2D eigenvalue weighted by atomic mass is 35.5. The van der Waals surface area contributed by atoms with Crippen LogP contribution in [0.15, 0.2) is 29.8 Å². The highest BCUT2D eigenvalue weighted by molar-refractivity contribution is 6.53. The number of carbonyl (C=O) groups is 4. The van der Waals surface area contributed by atoms with Crippen molar-refractivity contribution in [2.75, 3.05) is 21.2 Å². The van der Waals surface area contributed by atoms with Gasteiger partial charge in [0.2, 0.25) is 11.8 Å². The lowest BCUT2D eigenvalue weighted by molar-refractivity contribution is -0.140. The summed E-state index contributed by atoms with van der Waals surface area (Å²) in [6.07, 6.45) is 2.11. The fraction of sp³-hybridized carbons (Fsp3) is 0.478. The first-order valence-electron chi connectivity index (χ1n) is 10.6. The third-order valence-electron chi connectivity index (χ3n) is 7.76. The second-order valence-corrected chi connectivity index (χ2v) is 10.4. The summed E-state index contributed by atoms with van der Waals surface area (Å²) in [4.78, 5) is 50.8. The minimum absolute atomic E-state index is 0.0504. The molecule has 6 atom stereocenters. The number of amides is 4. The van der Waals surface area contributed by atoms with Crippen molar-refractivity contribution in [2.24, 2.45) is 17.8 Å². The van der Waals surface area contributed by atoms with Gasteiger partial charge in [0.25, 0.3) is 11.8 Å². The van der Waals surface area contributed by atoms with Gasteiger partial charge < -0.3 is 9.84 Å². The van der Waals surface area contributed by atoms with Crippen LogP contribution in [0.5, 0.6) is 11.5 Å². The van der Waals surface area contributed by atoms with Crippen LogP contribution in [0, 0.1) is 17.8 Å². The van der Waals surface area contributed by atoms with Gasteiger partial charge in [-0.15, -0.1) is 23.2 Å². The van der Waals surface area contributed by atoms with Gasteiger partial charge in [0.15, 0.2) is 9.75 Å². The van der Waals surface area contributed by atoms with Crippen molar-refractivity contribution in [2.45, 2.75) is 28.5 Å². The molecular weight excluding hydrogens is 471 g/mol. The van der Waals surface area contributed by atoms with E-state index in [1.165, 1.54) is 33.3 Å². The van der Waals surface area contributed by atoms with E-state index in [4.69, 9.17) is 27.9 Å². The van der Waals surface area contributed by atoms with Crippen LogP contribution in [0.25, 0.3) is 0 Å². The van der Waals surface area contributed by atoms with Gasteiger partial charge in [-0.3, -0.25) is 29.0 Å². The molecule has 3 fully saturated rings. The number of likely N-dealkylation sites (tertiary alicyclic amines) is 2. The highest BCUT2D eigenvalue weighted by Gasteiger charge is 2.76. The van der Waals surface area contributed by atoms with Crippen molar-refractivity contribution in [3.63, 3.8) is 0 Å². The van der Waals surface area contributed by atoms with Crippen LogP contribution in [0.1, 0.15) is 24.3 Å². The normalized spacial score (nSPS) is 37.7. The molecule has 10 heteroatoms. The van der Waals surface area contributed by atoms with Gasteiger partial charge in [-0.25, -0.2) is 0 Å². The second kappa shape index (κ2) is 6.96. The molecular formula is C23H22Cl2N2O6. The van der Waals surface area contributed by atoms with Crippen LogP contribution in [0.2, 0.25) is 0 Å². The monoisotopic (exact) mass is 492 g/mol. The van der Waals surface area contributed by atoms with E-state index in [2.05, 4.69) is 0 Å². The van der Waals surface area contributed by atoms with Crippen LogP contribution >= 0.6 is 23.2 Å². The Hall–Kier alpha value is -2.58. The molecule has 1 aromatic carbocycles. The lowest BCUT2D eigenvalue weighted by atomic mass is 9.56. The van der Waals surface area contributed by atoms with E-state index in [9.17, 15) is 24.3 Å². The maximum absolute atomic E-state index is 13.4. The Balaban J connectivity index is 1.78. The number of nitrogens with zero attached hydrogens (tertiary/aromatic N) is 2. The molecule has 4 aliphatic rings. The molecule has 33 heavy (non-hydrogen) atoms. The van der Waals surface area contributed by atoms with Crippen molar-refractivity contribution >= 4 is 46.8 Å². The van der Waals surface area contributed by atoms with Gasteiger partial charge in [0, 0.05) is 31.6 Å². The zero-order chi connectivity index (χ0) is 24.0. The average molecular weight is 493 g/mol. The summed E-state index contributed by atoms with van der Waals surface area (Å²) in [5.41, 5.74) is 1.14. The number of phenolic OH excluding ortho intramolecular Hbond substituents is 1. The van der Waals surface area contributed by atoms with Gasteiger partial charge in [-0.2, -0.15) is 0 Å². The maximum Gasteiger partial charge on any atom is 0.253 e. The van der Waals surface area contributed by atoms with Gasteiger partial charge in [-0.05, 0) is 24.8 Å². The molecule has 5 rings (SSSR count). The van der Waals surface area contributed by atoms with Crippen molar-refractivity contribution in [1.29, 1.82) is 0 Å². The number of allylic oxidation sites excluding steroid dienone is 2. The number of methoxy groups -OCH3 is 1. The average Bonchev–Trinajstić information content (AvgIpc) is 3.09. The first kappa shape index (κ1) is 22.2. The largest absolute Gasteiger partial charge is 0.508 e. The minimum atomic E-state index is -1.88. The highest BCUT2D eigenvalue weighted by Crippen LogP contribution is 2.66. The number of aromatic hydroxyl groups is 1. The Morgan fingerprint density at radius 2 is 1.73 bits per heavy atom. The Morgan fingerprint density at radius 3 is 2.39 bits per heavy atom.